The minimum Gasteiger partial charge on any atom is -0.507 e. The number of sulfone groups is 1. The van der Waals surface area contributed by atoms with Gasteiger partial charge in [-0.05, 0) is 73.4 Å². The topological polar surface area (TPSA) is 124 Å². The van der Waals surface area contributed by atoms with E-state index in [-0.39, 0.29) is 21.4 Å². The summed E-state index contributed by atoms with van der Waals surface area (Å²) < 4.78 is 26.2. The lowest BCUT2D eigenvalue weighted by molar-refractivity contribution is 0.0693. The molecule has 3 aromatic carbocycles. The third-order valence-corrected chi connectivity index (χ3v) is 7.63. The molecule has 0 aliphatic rings. The standard InChI is InChI=1S/C25H26ClNO6S/c1-15-10-22(28)21(25(30)31)13-24(15)34(32,33)20-8-6-17(7-9-20)11-16(2)27-14-23(29)18-4-3-5-19(26)12-18/h3-10,12-13,16,23,27-29H,11,14H2,1-2H3,(H,30,31)/t16-,23+/m1/s1. The molecular weight excluding hydrogens is 478 g/mol. The fourth-order valence-electron chi connectivity index (χ4n) is 3.64. The number of nitrogens with one attached hydrogen (secondary N) is 1. The number of aryl methyl sites for hydroxylation is 1. The molecule has 0 unspecified atom stereocenters. The number of benzene rings is 3. The van der Waals surface area contributed by atoms with Gasteiger partial charge in [0.05, 0.1) is 15.9 Å². The summed E-state index contributed by atoms with van der Waals surface area (Å²) in [7, 11) is -3.98. The molecule has 0 saturated carbocycles. The Labute approximate surface area is 203 Å². The first-order chi connectivity index (χ1) is 16.0. The molecular formula is C25H26ClNO6S. The third-order valence-electron chi connectivity index (χ3n) is 5.48. The van der Waals surface area contributed by atoms with E-state index in [0.717, 1.165) is 23.3 Å². The van der Waals surface area contributed by atoms with Gasteiger partial charge in [-0.15, -0.1) is 0 Å². The Hall–Kier alpha value is -2.91. The molecule has 34 heavy (non-hydrogen) atoms. The van der Waals surface area contributed by atoms with E-state index in [1.165, 1.54) is 19.1 Å². The molecule has 0 spiro atoms. The van der Waals surface area contributed by atoms with Gasteiger partial charge < -0.3 is 20.6 Å². The molecule has 0 radical (unpaired) electrons. The van der Waals surface area contributed by atoms with Crippen molar-refractivity contribution in [2.75, 3.05) is 6.54 Å². The summed E-state index contributed by atoms with van der Waals surface area (Å²) in [4.78, 5) is 11.2. The van der Waals surface area contributed by atoms with Gasteiger partial charge >= 0.3 is 5.97 Å². The predicted molar refractivity (Wildman–Crippen MR) is 129 cm³/mol. The van der Waals surface area contributed by atoms with Gasteiger partial charge in [-0.2, -0.15) is 0 Å². The van der Waals surface area contributed by atoms with E-state index in [9.17, 15) is 28.5 Å². The molecule has 0 heterocycles. The Morgan fingerprint density at radius 1 is 1.09 bits per heavy atom. The summed E-state index contributed by atoms with van der Waals surface area (Å²) in [5.74, 6) is -1.90. The molecule has 0 bridgehead atoms. The van der Waals surface area contributed by atoms with Crippen LogP contribution in [-0.2, 0) is 16.3 Å². The summed E-state index contributed by atoms with van der Waals surface area (Å²) >= 11 is 5.97. The second-order valence-corrected chi connectivity index (χ2v) is 10.5. The SMILES string of the molecule is Cc1cc(O)c(C(=O)O)cc1S(=O)(=O)c1ccc(C[C@@H](C)NC[C@H](O)c2cccc(Cl)c2)cc1. The summed E-state index contributed by atoms with van der Waals surface area (Å²) in [6, 6.07) is 15.5. The first-order valence-electron chi connectivity index (χ1n) is 10.6. The minimum atomic E-state index is -3.98. The molecule has 3 rings (SSSR count). The number of carboxylic acid groups (broad SMARTS) is 1. The predicted octanol–water partition coefficient (Wildman–Crippen LogP) is 4.14. The van der Waals surface area contributed by atoms with Crippen molar-refractivity contribution in [1.29, 1.82) is 0 Å². The maximum Gasteiger partial charge on any atom is 0.339 e. The number of hydrogen-bond acceptors (Lipinski definition) is 6. The monoisotopic (exact) mass is 503 g/mol. The molecule has 7 nitrogen and oxygen atoms in total. The van der Waals surface area contributed by atoms with Crippen LogP contribution in [0.25, 0.3) is 0 Å². The van der Waals surface area contributed by atoms with E-state index in [1.54, 1.807) is 36.4 Å². The molecule has 0 amide bonds. The second-order valence-electron chi connectivity index (χ2n) is 8.17. The Morgan fingerprint density at radius 2 is 1.76 bits per heavy atom. The van der Waals surface area contributed by atoms with Crippen LogP contribution in [-0.4, -0.2) is 42.3 Å². The highest BCUT2D eigenvalue weighted by atomic mass is 35.5. The number of hydrogen-bond donors (Lipinski definition) is 4. The number of carbonyl (C=O) groups is 1. The molecule has 4 N–H and O–H groups in total. The number of aromatic carboxylic acids is 1. The first-order valence-corrected chi connectivity index (χ1v) is 12.4. The molecule has 3 aromatic rings. The summed E-state index contributed by atoms with van der Waals surface area (Å²) in [5.41, 5.74) is 1.39. The number of aromatic hydroxyl groups is 1. The van der Waals surface area contributed by atoms with E-state index in [1.807, 2.05) is 6.92 Å². The zero-order valence-corrected chi connectivity index (χ0v) is 20.3. The fourth-order valence-corrected chi connectivity index (χ4v) is 5.34. The lowest BCUT2D eigenvalue weighted by atomic mass is 10.1. The van der Waals surface area contributed by atoms with Crippen molar-refractivity contribution in [3.8, 4) is 5.75 Å². The molecule has 9 heteroatoms. The van der Waals surface area contributed by atoms with Crippen molar-refractivity contribution < 1.29 is 28.5 Å². The van der Waals surface area contributed by atoms with Crippen LogP contribution in [0.2, 0.25) is 5.02 Å². The van der Waals surface area contributed by atoms with Crippen LogP contribution < -0.4 is 5.32 Å². The Balaban J connectivity index is 1.69. The maximum absolute atomic E-state index is 13.1. The van der Waals surface area contributed by atoms with Crippen LogP contribution in [0.4, 0.5) is 0 Å². The molecule has 0 aliphatic heterocycles. The third kappa shape index (κ3) is 5.95. The summed E-state index contributed by atoms with van der Waals surface area (Å²) in [6.45, 7) is 3.79. The Morgan fingerprint density at radius 3 is 2.38 bits per heavy atom. The normalized spacial score (nSPS) is 13.4. The van der Waals surface area contributed by atoms with Crippen LogP contribution in [0.15, 0.2) is 70.5 Å². The highest BCUT2D eigenvalue weighted by molar-refractivity contribution is 7.91. The molecule has 0 aromatic heterocycles. The number of halogens is 1. The maximum atomic E-state index is 13.1. The molecule has 2 atom stereocenters. The summed E-state index contributed by atoms with van der Waals surface area (Å²) in [5, 5.41) is 33.2. The van der Waals surface area contributed by atoms with Crippen molar-refractivity contribution in [1.82, 2.24) is 5.32 Å². The molecule has 180 valence electrons. The number of aliphatic hydroxyl groups excluding tert-OH is 1. The van der Waals surface area contributed by atoms with Crippen molar-refractivity contribution >= 4 is 27.4 Å². The van der Waals surface area contributed by atoms with Crippen LogP contribution in [0.1, 0.15) is 40.1 Å². The zero-order valence-electron chi connectivity index (χ0n) is 18.7. The highest BCUT2D eigenvalue weighted by Gasteiger charge is 2.24. The quantitative estimate of drug-likeness (QED) is 0.346. The smallest absolute Gasteiger partial charge is 0.339 e. The van der Waals surface area contributed by atoms with Gasteiger partial charge in [0.1, 0.15) is 11.3 Å². The fraction of sp³-hybridized carbons (Fsp3) is 0.240. The van der Waals surface area contributed by atoms with Gasteiger partial charge in [0.25, 0.3) is 0 Å². The van der Waals surface area contributed by atoms with Crippen molar-refractivity contribution in [3.63, 3.8) is 0 Å². The van der Waals surface area contributed by atoms with E-state index in [4.69, 9.17) is 11.6 Å². The Bertz CT molecular complexity index is 1290. The number of aliphatic hydroxyl groups is 1. The number of phenols is 1. The van der Waals surface area contributed by atoms with E-state index in [2.05, 4.69) is 5.32 Å². The Kier molecular flexibility index (Phi) is 7.99. The van der Waals surface area contributed by atoms with Crippen LogP contribution >= 0.6 is 11.6 Å². The van der Waals surface area contributed by atoms with Gasteiger partial charge in [0, 0.05) is 17.6 Å². The molecule has 0 saturated heterocycles. The van der Waals surface area contributed by atoms with Crippen LogP contribution in [0.5, 0.6) is 5.75 Å². The van der Waals surface area contributed by atoms with Crippen molar-refractivity contribution in [2.45, 2.75) is 42.2 Å². The van der Waals surface area contributed by atoms with E-state index >= 15 is 0 Å². The molecule has 0 aliphatic carbocycles. The lowest BCUT2D eigenvalue weighted by Crippen LogP contribution is -2.32. The number of rotatable bonds is 9. The van der Waals surface area contributed by atoms with Crippen LogP contribution in [0.3, 0.4) is 0 Å². The highest BCUT2D eigenvalue weighted by Crippen LogP contribution is 2.30. The van der Waals surface area contributed by atoms with Gasteiger partial charge in [0.2, 0.25) is 9.84 Å². The average molecular weight is 504 g/mol. The minimum absolute atomic E-state index is 0.00811. The van der Waals surface area contributed by atoms with E-state index in [0.29, 0.717) is 18.0 Å². The second kappa shape index (κ2) is 10.6. The van der Waals surface area contributed by atoms with Gasteiger partial charge in [0.15, 0.2) is 0 Å². The molecule has 0 fully saturated rings. The van der Waals surface area contributed by atoms with Crippen molar-refractivity contribution in [3.05, 3.63) is 87.9 Å². The van der Waals surface area contributed by atoms with Crippen LogP contribution in [0, 0.1) is 6.92 Å². The average Bonchev–Trinajstić information content (AvgIpc) is 2.77. The van der Waals surface area contributed by atoms with Gasteiger partial charge in [-0.3, -0.25) is 0 Å². The largest absolute Gasteiger partial charge is 0.507 e. The van der Waals surface area contributed by atoms with Crippen molar-refractivity contribution in [2.24, 2.45) is 0 Å². The van der Waals surface area contributed by atoms with Gasteiger partial charge in [-0.25, -0.2) is 13.2 Å². The summed E-state index contributed by atoms with van der Waals surface area (Å²) in [6.07, 6.45) is -0.109. The van der Waals surface area contributed by atoms with Gasteiger partial charge in [-0.1, -0.05) is 35.9 Å². The first kappa shape index (κ1) is 25.7. The lowest BCUT2D eigenvalue weighted by Gasteiger charge is -2.18. The number of carboxylic acids is 1. The van der Waals surface area contributed by atoms with E-state index < -0.39 is 33.2 Å². The zero-order chi connectivity index (χ0) is 25.0.